The predicted octanol–water partition coefficient (Wildman–Crippen LogP) is 5.17. The van der Waals surface area contributed by atoms with Crippen molar-refractivity contribution in [3.05, 3.63) is 86.0 Å². The quantitative estimate of drug-likeness (QED) is 0.341. The molecule has 4 rings (SSSR count). The van der Waals surface area contributed by atoms with Gasteiger partial charge >= 0.3 is 0 Å². The molecule has 1 unspecified atom stereocenters. The van der Waals surface area contributed by atoms with Crippen molar-refractivity contribution in [2.24, 2.45) is 0 Å². The molecule has 35 heavy (non-hydrogen) atoms. The molecule has 0 aliphatic carbocycles. The average Bonchev–Trinajstić information content (AvgIpc) is 3.36. The molecule has 0 spiro atoms. The van der Waals surface area contributed by atoms with Crippen molar-refractivity contribution < 1.29 is 19.1 Å². The molecule has 0 N–H and O–H groups in total. The van der Waals surface area contributed by atoms with E-state index in [2.05, 4.69) is 27.4 Å². The lowest BCUT2D eigenvalue weighted by atomic mass is 9.93. The van der Waals surface area contributed by atoms with E-state index in [1.54, 1.807) is 42.6 Å². The van der Waals surface area contributed by atoms with Gasteiger partial charge < -0.3 is 19.3 Å². The van der Waals surface area contributed by atoms with Gasteiger partial charge in [-0.2, -0.15) is 0 Å². The number of methoxy groups -OCH3 is 2. The molecule has 0 bridgehead atoms. The fraction of sp³-hybridized carbons (Fsp3) is 0.333. The Hall–Kier alpha value is -2.68. The number of fused-ring (bicyclic) bond motifs is 1. The van der Waals surface area contributed by atoms with E-state index in [0.29, 0.717) is 31.7 Å². The summed E-state index contributed by atoms with van der Waals surface area (Å²) in [5.74, 6) is 0.547. The van der Waals surface area contributed by atoms with Gasteiger partial charge in [0.25, 0.3) is 5.91 Å². The molecule has 1 aromatic heterocycles. The first kappa shape index (κ1) is 25.4. The van der Waals surface area contributed by atoms with E-state index in [-0.39, 0.29) is 24.4 Å². The molecular formula is C27H29BrN2O4S. The summed E-state index contributed by atoms with van der Waals surface area (Å²) in [6.45, 7) is 1.59. The number of hydrogen-bond donors (Lipinski definition) is 0. The Morgan fingerprint density at radius 1 is 1.14 bits per heavy atom. The van der Waals surface area contributed by atoms with Gasteiger partial charge in [-0.05, 0) is 65.7 Å². The third-order valence-electron chi connectivity index (χ3n) is 6.18. The highest BCUT2D eigenvalue weighted by Gasteiger charge is 2.34. The molecule has 0 radical (unpaired) electrons. The van der Waals surface area contributed by atoms with E-state index in [1.807, 2.05) is 41.3 Å². The van der Waals surface area contributed by atoms with E-state index in [0.717, 1.165) is 27.8 Å². The number of benzene rings is 2. The molecule has 1 aliphatic heterocycles. The third kappa shape index (κ3) is 5.94. The van der Waals surface area contributed by atoms with E-state index in [4.69, 9.17) is 9.47 Å². The molecule has 0 fully saturated rings. The van der Waals surface area contributed by atoms with Crippen molar-refractivity contribution >= 4 is 39.1 Å². The summed E-state index contributed by atoms with van der Waals surface area (Å²) in [5, 5.41) is 2.09. The number of nitrogens with zero attached hydrogens (tertiary/aromatic N) is 2. The first-order valence-corrected chi connectivity index (χ1v) is 13.2. The lowest BCUT2D eigenvalue weighted by molar-refractivity contribution is -0.134. The second kappa shape index (κ2) is 11.8. The summed E-state index contributed by atoms with van der Waals surface area (Å²) in [7, 11) is 3.28. The van der Waals surface area contributed by atoms with Gasteiger partial charge in [-0.3, -0.25) is 9.59 Å². The predicted molar refractivity (Wildman–Crippen MR) is 141 cm³/mol. The minimum Gasteiger partial charge on any atom is -0.497 e. The van der Waals surface area contributed by atoms with E-state index in [1.165, 1.54) is 4.88 Å². The first-order valence-electron chi connectivity index (χ1n) is 11.5. The Labute approximate surface area is 218 Å². The van der Waals surface area contributed by atoms with Crippen LogP contribution in [0.15, 0.2) is 64.5 Å². The Morgan fingerprint density at radius 2 is 1.94 bits per heavy atom. The van der Waals surface area contributed by atoms with Gasteiger partial charge in [-0.1, -0.05) is 34.1 Å². The maximum Gasteiger partial charge on any atom is 0.254 e. The second-order valence-electron chi connectivity index (χ2n) is 8.40. The number of ether oxygens (including phenoxy) is 2. The summed E-state index contributed by atoms with van der Waals surface area (Å²) in [6.07, 6.45) is 1.47. The molecule has 2 amide bonds. The SMILES string of the molecule is COCCCN(CC(=O)N1CCc2sccc2C1c1ccc(OC)cc1)C(=O)c1cccc(Br)c1. The second-order valence-corrected chi connectivity index (χ2v) is 10.3. The lowest BCUT2D eigenvalue weighted by Crippen LogP contribution is -2.47. The van der Waals surface area contributed by atoms with Gasteiger partial charge in [-0.15, -0.1) is 11.3 Å². The average molecular weight is 558 g/mol. The van der Waals surface area contributed by atoms with Crippen molar-refractivity contribution in [1.82, 2.24) is 9.80 Å². The van der Waals surface area contributed by atoms with Gasteiger partial charge in [0.15, 0.2) is 0 Å². The van der Waals surface area contributed by atoms with Gasteiger partial charge in [0.2, 0.25) is 5.91 Å². The smallest absolute Gasteiger partial charge is 0.254 e. The highest BCUT2D eigenvalue weighted by atomic mass is 79.9. The molecule has 1 aliphatic rings. The summed E-state index contributed by atoms with van der Waals surface area (Å²) in [5.41, 5.74) is 2.74. The van der Waals surface area contributed by atoms with Crippen LogP contribution in [0.3, 0.4) is 0 Å². The highest BCUT2D eigenvalue weighted by Crippen LogP contribution is 2.38. The number of halogens is 1. The van der Waals surface area contributed by atoms with Gasteiger partial charge in [0, 0.05) is 41.7 Å². The fourth-order valence-electron chi connectivity index (χ4n) is 4.44. The molecule has 0 saturated carbocycles. The van der Waals surface area contributed by atoms with Crippen molar-refractivity contribution in [1.29, 1.82) is 0 Å². The van der Waals surface area contributed by atoms with Crippen LogP contribution in [-0.4, -0.2) is 62.1 Å². The third-order valence-corrected chi connectivity index (χ3v) is 7.67. The largest absolute Gasteiger partial charge is 0.497 e. The van der Waals surface area contributed by atoms with Crippen LogP contribution >= 0.6 is 27.3 Å². The van der Waals surface area contributed by atoms with Crippen LogP contribution in [0.2, 0.25) is 0 Å². The monoisotopic (exact) mass is 556 g/mol. The number of thiophene rings is 1. The number of carbonyl (C=O) groups is 2. The van der Waals surface area contributed by atoms with E-state index in [9.17, 15) is 9.59 Å². The van der Waals surface area contributed by atoms with Crippen LogP contribution in [0.1, 0.15) is 38.8 Å². The van der Waals surface area contributed by atoms with Crippen LogP contribution in [-0.2, 0) is 16.0 Å². The van der Waals surface area contributed by atoms with Gasteiger partial charge in [-0.25, -0.2) is 0 Å². The standard InChI is InChI=1S/C27H29BrN2O4S/c1-33-15-4-13-29(27(32)20-5-3-6-21(28)17-20)18-25(31)30-14-11-24-23(12-16-35-24)26(30)19-7-9-22(34-2)10-8-19/h3,5-10,12,16-17,26H,4,11,13-15,18H2,1-2H3. The maximum atomic E-state index is 13.8. The zero-order valence-electron chi connectivity index (χ0n) is 19.9. The summed E-state index contributed by atoms with van der Waals surface area (Å²) in [6, 6.07) is 17.1. The van der Waals surface area contributed by atoms with Gasteiger partial charge in [0.1, 0.15) is 12.3 Å². The number of carbonyl (C=O) groups excluding carboxylic acids is 2. The first-order chi connectivity index (χ1) is 17.0. The Balaban J connectivity index is 1.60. The van der Waals surface area contributed by atoms with Crippen LogP contribution in [0, 0.1) is 0 Å². The van der Waals surface area contributed by atoms with E-state index < -0.39 is 0 Å². The molecule has 1 atom stereocenters. The number of rotatable bonds is 9. The highest BCUT2D eigenvalue weighted by molar-refractivity contribution is 9.10. The van der Waals surface area contributed by atoms with Crippen LogP contribution < -0.4 is 4.74 Å². The molecule has 2 heterocycles. The molecule has 6 nitrogen and oxygen atoms in total. The Kier molecular flexibility index (Phi) is 8.59. The summed E-state index contributed by atoms with van der Waals surface area (Å²) in [4.78, 5) is 32.0. The van der Waals surface area contributed by atoms with Crippen molar-refractivity contribution in [2.45, 2.75) is 18.9 Å². The van der Waals surface area contributed by atoms with Crippen LogP contribution in [0.4, 0.5) is 0 Å². The topological polar surface area (TPSA) is 59.1 Å². The van der Waals surface area contributed by atoms with Crippen molar-refractivity contribution in [3.8, 4) is 5.75 Å². The lowest BCUT2D eigenvalue weighted by Gasteiger charge is -2.37. The minimum atomic E-state index is -0.190. The zero-order valence-corrected chi connectivity index (χ0v) is 22.3. The maximum absolute atomic E-state index is 13.8. The normalized spacial score (nSPS) is 14.9. The minimum absolute atomic E-state index is 0.0151. The van der Waals surface area contributed by atoms with Crippen molar-refractivity contribution in [2.75, 3.05) is 40.5 Å². The fourth-order valence-corrected chi connectivity index (χ4v) is 5.74. The van der Waals surface area contributed by atoms with Crippen LogP contribution in [0.25, 0.3) is 0 Å². The molecule has 0 saturated heterocycles. The zero-order chi connectivity index (χ0) is 24.8. The Bertz CT molecular complexity index is 1160. The van der Waals surface area contributed by atoms with E-state index >= 15 is 0 Å². The molecule has 3 aromatic rings. The molecule has 2 aromatic carbocycles. The number of amides is 2. The summed E-state index contributed by atoms with van der Waals surface area (Å²) < 4.78 is 11.3. The number of hydrogen-bond acceptors (Lipinski definition) is 5. The molecule has 8 heteroatoms. The Morgan fingerprint density at radius 3 is 2.66 bits per heavy atom. The molecule has 184 valence electrons. The summed E-state index contributed by atoms with van der Waals surface area (Å²) >= 11 is 5.17. The van der Waals surface area contributed by atoms with Gasteiger partial charge in [0.05, 0.1) is 13.2 Å². The van der Waals surface area contributed by atoms with Crippen LogP contribution in [0.5, 0.6) is 5.75 Å². The van der Waals surface area contributed by atoms with Crippen molar-refractivity contribution in [3.63, 3.8) is 0 Å². The molecular weight excluding hydrogens is 528 g/mol.